The van der Waals surface area contributed by atoms with Crippen LogP contribution in [0.15, 0.2) is 23.2 Å². The first kappa shape index (κ1) is 11.8. The molecule has 0 radical (unpaired) electrons. The number of benzene rings is 1. The molecule has 0 aromatic heterocycles. The van der Waals surface area contributed by atoms with Gasteiger partial charge in [-0.05, 0) is 63.0 Å². The lowest BCUT2D eigenvalue weighted by molar-refractivity contribution is 0.144. The monoisotopic (exact) mass is 243 g/mol. The van der Waals surface area contributed by atoms with Crippen LogP contribution >= 0.6 is 0 Å². The fourth-order valence-corrected chi connectivity index (χ4v) is 3.41. The second kappa shape index (κ2) is 4.42. The van der Waals surface area contributed by atoms with Gasteiger partial charge in [-0.2, -0.15) is 0 Å². The molecule has 0 aliphatic heterocycles. The second-order valence-electron chi connectivity index (χ2n) is 5.98. The van der Waals surface area contributed by atoms with Crippen molar-refractivity contribution in [2.24, 2.45) is 10.9 Å². The quantitative estimate of drug-likeness (QED) is 0.786. The van der Waals surface area contributed by atoms with Crippen LogP contribution < -0.4 is 0 Å². The number of phenolic OH excluding ortho intramolecular Hbond substituents is 1. The summed E-state index contributed by atoms with van der Waals surface area (Å²) in [5, 5.41) is 10.0. The third-order valence-corrected chi connectivity index (χ3v) is 4.80. The topological polar surface area (TPSA) is 32.6 Å². The van der Waals surface area contributed by atoms with Crippen LogP contribution in [0, 0.1) is 12.8 Å². The summed E-state index contributed by atoms with van der Waals surface area (Å²) in [4.78, 5) is 4.86. The molecule has 1 aromatic rings. The van der Waals surface area contributed by atoms with E-state index in [4.69, 9.17) is 4.99 Å². The summed E-state index contributed by atoms with van der Waals surface area (Å²) in [7, 11) is 0. The molecule has 4 rings (SSSR count). The van der Waals surface area contributed by atoms with Gasteiger partial charge in [0.05, 0.1) is 5.54 Å². The first-order chi connectivity index (χ1) is 8.69. The highest BCUT2D eigenvalue weighted by Crippen LogP contribution is 2.46. The van der Waals surface area contributed by atoms with Crippen LogP contribution in [0.25, 0.3) is 0 Å². The van der Waals surface area contributed by atoms with Crippen molar-refractivity contribution in [3.63, 3.8) is 0 Å². The van der Waals surface area contributed by atoms with E-state index >= 15 is 0 Å². The van der Waals surface area contributed by atoms with Crippen LogP contribution in [0.1, 0.15) is 49.7 Å². The molecule has 3 aliphatic rings. The largest absolute Gasteiger partial charge is 0.507 e. The Bertz CT molecular complexity index is 456. The summed E-state index contributed by atoms with van der Waals surface area (Å²) in [6.45, 7) is 1.93. The lowest BCUT2D eigenvalue weighted by Gasteiger charge is -2.43. The minimum atomic E-state index is 0.185. The molecule has 18 heavy (non-hydrogen) atoms. The number of aromatic hydroxyl groups is 1. The Balaban J connectivity index is 1.83. The molecule has 2 heteroatoms. The summed E-state index contributed by atoms with van der Waals surface area (Å²) in [6, 6.07) is 5.85. The third-order valence-electron chi connectivity index (χ3n) is 4.80. The molecule has 3 saturated carbocycles. The molecule has 0 saturated heterocycles. The Morgan fingerprint density at radius 1 is 1.22 bits per heavy atom. The first-order valence-electron chi connectivity index (χ1n) is 7.02. The molecule has 0 spiro atoms. The SMILES string of the molecule is Cc1cccc(C=NC23CCC(CC2)CC3)c1O. The Kier molecular flexibility index (Phi) is 2.89. The number of nitrogens with zero attached hydrogens (tertiary/aromatic N) is 1. The number of para-hydroxylation sites is 1. The zero-order valence-electron chi connectivity index (χ0n) is 11.0. The summed E-state index contributed by atoms with van der Waals surface area (Å²) in [6.07, 6.45) is 9.64. The number of aryl methyl sites for hydroxylation is 1. The molecule has 0 atom stereocenters. The van der Waals surface area contributed by atoms with Crippen LogP contribution in [-0.2, 0) is 0 Å². The van der Waals surface area contributed by atoms with E-state index in [0.29, 0.717) is 5.75 Å². The highest BCUT2D eigenvalue weighted by Gasteiger charge is 2.39. The molecule has 2 nitrogen and oxygen atoms in total. The Morgan fingerprint density at radius 2 is 1.89 bits per heavy atom. The van der Waals surface area contributed by atoms with Gasteiger partial charge in [-0.1, -0.05) is 12.1 Å². The van der Waals surface area contributed by atoms with Crippen molar-refractivity contribution < 1.29 is 5.11 Å². The van der Waals surface area contributed by atoms with Gasteiger partial charge in [-0.3, -0.25) is 4.99 Å². The molecule has 2 bridgehead atoms. The summed E-state index contributed by atoms with van der Waals surface area (Å²) >= 11 is 0. The van der Waals surface area contributed by atoms with Crippen molar-refractivity contribution >= 4 is 6.21 Å². The van der Waals surface area contributed by atoms with Crippen molar-refractivity contribution in [1.29, 1.82) is 0 Å². The van der Waals surface area contributed by atoms with Gasteiger partial charge in [0.15, 0.2) is 0 Å². The van der Waals surface area contributed by atoms with E-state index in [-0.39, 0.29) is 5.54 Å². The minimum absolute atomic E-state index is 0.185. The molecule has 3 fully saturated rings. The maximum absolute atomic E-state index is 10.0. The maximum Gasteiger partial charge on any atom is 0.127 e. The minimum Gasteiger partial charge on any atom is -0.507 e. The number of fused-ring (bicyclic) bond motifs is 3. The van der Waals surface area contributed by atoms with E-state index in [1.54, 1.807) is 0 Å². The third kappa shape index (κ3) is 2.05. The lowest BCUT2D eigenvalue weighted by atomic mass is 9.66. The average Bonchev–Trinajstić information content (AvgIpc) is 2.43. The zero-order chi connectivity index (χ0) is 12.6. The molecule has 0 amide bonds. The average molecular weight is 243 g/mol. The van der Waals surface area contributed by atoms with Gasteiger partial charge >= 0.3 is 0 Å². The van der Waals surface area contributed by atoms with Crippen molar-refractivity contribution in [1.82, 2.24) is 0 Å². The Hall–Kier alpha value is -1.31. The van der Waals surface area contributed by atoms with Gasteiger partial charge in [0, 0.05) is 11.8 Å². The predicted octanol–water partition coefficient (Wildman–Crippen LogP) is 3.84. The van der Waals surface area contributed by atoms with Crippen LogP contribution in [0.4, 0.5) is 0 Å². The van der Waals surface area contributed by atoms with E-state index in [1.165, 1.54) is 38.5 Å². The molecular formula is C16H21NO. The van der Waals surface area contributed by atoms with E-state index in [2.05, 4.69) is 0 Å². The van der Waals surface area contributed by atoms with Gasteiger partial charge in [0.25, 0.3) is 0 Å². The Labute approximate surface area is 109 Å². The van der Waals surface area contributed by atoms with Gasteiger partial charge in [-0.15, -0.1) is 0 Å². The van der Waals surface area contributed by atoms with Crippen molar-refractivity contribution in [3.8, 4) is 5.75 Å². The van der Waals surface area contributed by atoms with Crippen molar-refractivity contribution in [3.05, 3.63) is 29.3 Å². The number of rotatable bonds is 2. The summed E-state index contributed by atoms with van der Waals surface area (Å²) in [5.41, 5.74) is 1.96. The predicted molar refractivity (Wildman–Crippen MR) is 74.4 cm³/mol. The van der Waals surface area contributed by atoms with Crippen LogP contribution in [0.3, 0.4) is 0 Å². The van der Waals surface area contributed by atoms with Gasteiger partial charge in [0.2, 0.25) is 0 Å². The highest BCUT2D eigenvalue weighted by molar-refractivity contribution is 5.84. The molecular weight excluding hydrogens is 222 g/mol. The van der Waals surface area contributed by atoms with E-state index in [9.17, 15) is 5.11 Å². The number of phenols is 1. The van der Waals surface area contributed by atoms with Gasteiger partial charge < -0.3 is 5.11 Å². The van der Waals surface area contributed by atoms with Gasteiger partial charge in [0.1, 0.15) is 5.75 Å². The maximum atomic E-state index is 10.0. The summed E-state index contributed by atoms with van der Waals surface area (Å²) < 4.78 is 0. The number of aliphatic imine (C=N–C) groups is 1. The van der Waals surface area contributed by atoms with Crippen LogP contribution in [0.5, 0.6) is 5.75 Å². The first-order valence-corrected chi connectivity index (χ1v) is 7.02. The van der Waals surface area contributed by atoms with Crippen LogP contribution in [-0.4, -0.2) is 16.9 Å². The fourth-order valence-electron chi connectivity index (χ4n) is 3.41. The highest BCUT2D eigenvalue weighted by atomic mass is 16.3. The molecule has 1 aromatic carbocycles. The standard InChI is InChI=1S/C16H21NO/c1-12-3-2-4-14(15(12)18)11-17-16-8-5-13(6-9-16)7-10-16/h2-4,11,13,18H,5-10H2,1H3. The molecule has 1 N–H and O–H groups in total. The van der Waals surface area contributed by atoms with E-state index < -0.39 is 0 Å². The smallest absolute Gasteiger partial charge is 0.127 e. The lowest BCUT2D eigenvalue weighted by Crippen LogP contribution is -2.38. The molecule has 96 valence electrons. The summed E-state index contributed by atoms with van der Waals surface area (Å²) in [5.74, 6) is 1.34. The second-order valence-corrected chi connectivity index (χ2v) is 5.98. The van der Waals surface area contributed by atoms with Gasteiger partial charge in [-0.25, -0.2) is 0 Å². The molecule has 3 aliphatic carbocycles. The van der Waals surface area contributed by atoms with Crippen molar-refractivity contribution in [2.45, 2.75) is 51.0 Å². The number of hydrogen-bond donors (Lipinski definition) is 1. The zero-order valence-corrected chi connectivity index (χ0v) is 11.0. The van der Waals surface area contributed by atoms with E-state index in [1.807, 2.05) is 31.3 Å². The molecule has 0 unspecified atom stereocenters. The number of hydrogen-bond acceptors (Lipinski definition) is 2. The fraction of sp³-hybridized carbons (Fsp3) is 0.562. The van der Waals surface area contributed by atoms with Crippen LogP contribution in [0.2, 0.25) is 0 Å². The Morgan fingerprint density at radius 3 is 2.56 bits per heavy atom. The molecule has 0 heterocycles. The van der Waals surface area contributed by atoms with E-state index in [0.717, 1.165) is 17.0 Å². The normalized spacial score (nSPS) is 31.1. The van der Waals surface area contributed by atoms with Crippen molar-refractivity contribution in [2.75, 3.05) is 0 Å².